The van der Waals surface area contributed by atoms with Gasteiger partial charge >= 0.3 is 7.60 Å². The van der Waals surface area contributed by atoms with Gasteiger partial charge in [0.15, 0.2) is 23.2 Å². The minimum Gasteiger partial charge on any atom is -0.388 e. The first kappa shape index (κ1) is 29.0. The zero-order valence-corrected chi connectivity index (χ0v) is 24.5. The van der Waals surface area contributed by atoms with Crippen LogP contribution >= 0.6 is 26.6 Å². The summed E-state index contributed by atoms with van der Waals surface area (Å²) in [5.41, 5.74) is 1.13. The van der Waals surface area contributed by atoms with Crippen molar-refractivity contribution >= 4 is 43.5 Å². The molecule has 4 saturated carbocycles. The van der Waals surface area contributed by atoms with Crippen molar-refractivity contribution in [2.24, 2.45) is 23.2 Å². The number of aliphatic hydroxyl groups is 2. The van der Waals surface area contributed by atoms with Crippen LogP contribution in [0.25, 0.3) is 11.2 Å². The molecule has 0 aromatic carbocycles. The number of anilines is 1. The number of aromatic nitrogens is 4. The van der Waals surface area contributed by atoms with Crippen molar-refractivity contribution in [1.29, 1.82) is 0 Å². The monoisotopic (exact) mass is 619 g/mol. The summed E-state index contributed by atoms with van der Waals surface area (Å²) in [7, 11) is -8.87. The first-order valence-corrected chi connectivity index (χ1v) is 18.0. The molecule has 4 bridgehead atoms. The van der Waals surface area contributed by atoms with Crippen molar-refractivity contribution in [3.8, 4) is 0 Å². The fourth-order valence-electron chi connectivity index (χ4n) is 8.13. The normalized spacial score (nSPS) is 36.8. The Kier molecular flexibility index (Phi) is 7.63. The smallest absolute Gasteiger partial charge is 0.335 e. The van der Waals surface area contributed by atoms with E-state index in [0.717, 1.165) is 30.7 Å². The van der Waals surface area contributed by atoms with Crippen LogP contribution < -0.4 is 5.32 Å². The number of hydrogen-bond acceptors (Lipinski definition) is 9. The maximum absolute atomic E-state index is 12.2. The van der Waals surface area contributed by atoms with Gasteiger partial charge in [-0.1, -0.05) is 0 Å². The minimum absolute atomic E-state index is 0.0187. The number of halogens is 1. The van der Waals surface area contributed by atoms with E-state index in [1.165, 1.54) is 49.4 Å². The highest BCUT2D eigenvalue weighted by atomic mass is 35.5. The van der Waals surface area contributed by atoms with E-state index in [2.05, 4.69) is 20.3 Å². The number of ether oxygens (including phenoxy) is 1. The molecule has 5 aliphatic rings. The third-order valence-corrected chi connectivity index (χ3v) is 13.7. The average molecular weight is 620 g/mol. The Labute approximate surface area is 236 Å². The molecular weight excluding hydrogens is 584 g/mol. The summed E-state index contributed by atoms with van der Waals surface area (Å²) in [5.74, 6) is 1.93. The van der Waals surface area contributed by atoms with Gasteiger partial charge in [0.05, 0.1) is 12.4 Å². The lowest BCUT2D eigenvalue weighted by Gasteiger charge is -2.57. The van der Waals surface area contributed by atoms with E-state index in [4.69, 9.17) is 26.1 Å². The largest absolute Gasteiger partial charge is 0.388 e. The summed E-state index contributed by atoms with van der Waals surface area (Å²) in [6.07, 6.45) is 4.89. The quantitative estimate of drug-likeness (QED) is 0.168. The molecule has 13 nitrogen and oxygen atoms in total. The van der Waals surface area contributed by atoms with E-state index in [1.807, 2.05) is 0 Å². The maximum Gasteiger partial charge on any atom is 0.335 e. The van der Waals surface area contributed by atoms with E-state index in [9.17, 15) is 24.2 Å². The average Bonchev–Trinajstić information content (AvgIpc) is 3.36. The van der Waals surface area contributed by atoms with Gasteiger partial charge in [0.25, 0.3) is 0 Å². The Balaban J connectivity index is 1.14. The first-order valence-electron chi connectivity index (χ1n) is 13.8. The number of imidazole rings is 1. The lowest BCUT2D eigenvalue weighted by Crippen LogP contribution is -2.46. The lowest BCUT2D eigenvalue weighted by atomic mass is 9.49. The summed E-state index contributed by atoms with van der Waals surface area (Å²) >= 11 is 6.26. The van der Waals surface area contributed by atoms with Crippen molar-refractivity contribution in [3.05, 3.63) is 11.6 Å². The number of nitrogens with zero attached hydrogens (tertiary/aromatic N) is 4. The molecule has 0 radical (unpaired) electrons. The Morgan fingerprint density at radius 1 is 1.05 bits per heavy atom. The van der Waals surface area contributed by atoms with Gasteiger partial charge in [0.2, 0.25) is 12.7 Å². The molecule has 5 fully saturated rings. The second kappa shape index (κ2) is 10.5. The van der Waals surface area contributed by atoms with E-state index >= 15 is 0 Å². The van der Waals surface area contributed by atoms with Crippen LogP contribution in [0, 0.1) is 23.2 Å². The van der Waals surface area contributed by atoms with Gasteiger partial charge in [-0.3, -0.25) is 13.7 Å². The van der Waals surface area contributed by atoms with Gasteiger partial charge < -0.3 is 34.9 Å². The molecule has 222 valence electrons. The van der Waals surface area contributed by atoms with Gasteiger partial charge in [-0.2, -0.15) is 9.97 Å². The Morgan fingerprint density at radius 3 is 2.33 bits per heavy atom. The fourth-order valence-corrected chi connectivity index (χ4v) is 11.8. The number of nitrogens with one attached hydrogen (secondary N) is 1. The van der Waals surface area contributed by atoms with Gasteiger partial charge in [0, 0.05) is 12.7 Å². The summed E-state index contributed by atoms with van der Waals surface area (Å²) in [6.45, 7) is 0.723. The third-order valence-electron chi connectivity index (χ3n) is 9.29. The zero-order chi connectivity index (χ0) is 28.4. The fraction of sp³-hybridized carbons (Fsp3) is 0.792. The van der Waals surface area contributed by atoms with Crippen LogP contribution in [0.15, 0.2) is 6.33 Å². The van der Waals surface area contributed by atoms with Gasteiger partial charge in [-0.15, -0.1) is 0 Å². The van der Waals surface area contributed by atoms with Crippen LogP contribution in [0.2, 0.25) is 5.28 Å². The molecule has 7 rings (SSSR count). The standard InChI is InChI=1S/C24H36ClN5O8P2/c25-23-28-20(26-3-2-24-8-13-5-14(9-24)7-15(6-13)10-24)17-21(29-23)30(11-27-17)22-19(32)18(31)16(38-22)1-4-39(33,34)12-40(35,36)37/h11,13-16,18-19,22,31-32H,1-10,12H2,(H,33,34)(H,26,28,29)(H2,35,36,37)/t13?,14?,15?,16-,18+,19?,22-,24?/m1/s1. The van der Waals surface area contributed by atoms with E-state index in [0.29, 0.717) is 22.4 Å². The van der Waals surface area contributed by atoms with Crippen LogP contribution in [0.1, 0.15) is 57.6 Å². The summed E-state index contributed by atoms with van der Waals surface area (Å²) in [4.78, 5) is 41.1. The molecule has 40 heavy (non-hydrogen) atoms. The van der Waals surface area contributed by atoms with Crippen LogP contribution in [-0.4, -0.2) is 81.3 Å². The van der Waals surface area contributed by atoms with E-state index < -0.39 is 51.6 Å². The van der Waals surface area contributed by atoms with E-state index in [-0.39, 0.29) is 11.7 Å². The number of fused-ring (bicyclic) bond motifs is 1. The molecule has 1 saturated heterocycles. The summed E-state index contributed by atoms with van der Waals surface area (Å²) < 4.78 is 30.6. The molecule has 0 spiro atoms. The van der Waals surface area contributed by atoms with Crippen molar-refractivity contribution < 1.29 is 38.8 Å². The van der Waals surface area contributed by atoms with Crippen molar-refractivity contribution in [2.45, 2.75) is 75.9 Å². The van der Waals surface area contributed by atoms with Gasteiger partial charge in [-0.05, 0) is 86.1 Å². The summed E-state index contributed by atoms with van der Waals surface area (Å²) in [5, 5.41) is 24.7. The molecule has 16 heteroatoms. The highest BCUT2D eigenvalue weighted by Gasteiger charge is 2.50. The molecule has 6 N–H and O–H groups in total. The lowest BCUT2D eigenvalue weighted by molar-refractivity contribution is -0.0552. The SMILES string of the molecule is O=P(O)(O)CP(=O)(O)CC[C@H]1O[C@@H](n2cnc3c(NCCC45CC6CC(CC(C6)C4)C5)nc(Cl)nc32)C(O)[C@H]1O. The minimum atomic E-state index is -4.70. The molecule has 3 heterocycles. The molecule has 2 unspecified atom stereocenters. The predicted octanol–water partition coefficient (Wildman–Crippen LogP) is 2.91. The first-order chi connectivity index (χ1) is 18.8. The second-order valence-electron chi connectivity index (χ2n) is 12.5. The highest BCUT2D eigenvalue weighted by molar-refractivity contribution is 7.72. The molecule has 5 atom stereocenters. The Bertz CT molecular complexity index is 1330. The van der Waals surface area contributed by atoms with E-state index in [1.54, 1.807) is 0 Å². The number of hydrogen-bond donors (Lipinski definition) is 6. The third kappa shape index (κ3) is 5.87. The van der Waals surface area contributed by atoms with Gasteiger partial charge in [0.1, 0.15) is 18.1 Å². The zero-order valence-electron chi connectivity index (χ0n) is 21.9. The molecule has 1 aliphatic heterocycles. The number of rotatable bonds is 10. The molecule has 4 aliphatic carbocycles. The second-order valence-corrected chi connectivity index (χ2v) is 17.4. The van der Waals surface area contributed by atoms with Crippen LogP contribution in [0.4, 0.5) is 5.82 Å². The predicted molar refractivity (Wildman–Crippen MR) is 146 cm³/mol. The highest BCUT2D eigenvalue weighted by Crippen LogP contribution is 2.61. The maximum atomic E-state index is 12.2. The number of aliphatic hydroxyl groups excluding tert-OH is 2. The molecule has 0 amide bonds. The molecule has 2 aromatic heterocycles. The van der Waals surface area contributed by atoms with Crippen molar-refractivity contribution in [1.82, 2.24) is 19.5 Å². The van der Waals surface area contributed by atoms with Crippen molar-refractivity contribution in [2.75, 3.05) is 23.9 Å². The topological polar surface area (TPSA) is 200 Å². The van der Waals surface area contributed by atoms with Crippen LogP contribution in [0.3, 0.4) is 0 Å². The van der Waals surface area contributed by atoms with Crippen molar-refractivity contribution in [3.63, 3.8) is 0 Å². The Morgan fingerprint density at radius 2 is 1.70 bits per heavy atom. The van der Waals surface area contributed by atoms with Crippen LogP contribution in [0.5, 0.6) is 0 Å². The van der Waals surface area contributed by atoms with Crippen LogP contribution in [-0.2, 0) is 13.9 Å². The molecule has 2 aromatic rings. The summed E-state index contributed by atoms with van der Waals surface area (Å²) in [6, 6.07) is 0. The Hall–Kier alpha value is -1.14. The van der Waals surface area contributed by atoms with Gasteiger partial charge in [-0.25, -0.2) is 4.98 Å². The molecular formula is C24H36ClN5O8P2.